The Morgan fingerprint density at radius 2 is 1.69 bits per heavy atom. The molecule has 0 saturated carbocycles. The molecule has 0 radical (unpaired) electrons. The van der Waals surface area contributed by atoms with Crippen molar-refractivity contribution in [3.05, 3.63) is 66.5 Å². The van der Waals surface area contributed by atoms with Gasteiger partial charge in [-0.3, -0.25) is 9.63 Å². The van der Waals surface area contributed by atoms with Crippen molar-refractivity contribution in [3.63, 3.8) is 0 Å². The molecule has 29 heavy (non-hydrogen) atoms. The number of hydrogen-bond acceptors (Lipinski definition) is 6. The Bertz CT molecular complexity index is 1090. The van der Waals surface area contributed by atoms with E-state index in [2.05, 4.69) is 10.4 Å². The zero-order chi connectivity index (χ0) is 21.0. The number of carbonyl (C=O) groups is 1. The second-order valence-electron chi connectivity index (χ2n) is 5.92. The molecule has 10 heteroatoms. The van der Waals surface area contributed by atoms with Gasteiger partial charge in [0.15, 0.2) is 5.69 Å². The minimum Gasteiger partial charge on any atom is -0.497 e. The maximum absolute atomic E-state index is 12.4. The summed E-state index contributed by atoms with van der Waals surface area (Å²) in [5, 5.41) is 6.96. The highest BCUT2D eigenvalue weighted by Crippen LogP contribution is 2.18. The predicted octanol–water partition coefficient (Wildman–Crippen LogP) is 2.32. The lowest BCUT2D eigenvalue weighted by molar-refractivity contribution is -0.0258. The topological polar surface area (TPSA) is 103 Å². The highest BCUT2D eigenvalue weighted by Gasteiger charge is 2.20. The van der Waals surface area contributed by atoms with Gasteiger partial charge in [-0.15, -0.1) is 0 Å². The number of rotatable bonds is 7. The number of anilines is 1. The van der Waals surface area contributed by atoms with Crippen LogP contribution in [0.15, 0.2) is 65.7 Å². The van der Waals surface area contributed by atoms with E-state index in [1.165, 1.54) is 38.4 Å². The molecular formula is C19H20N4O5S. The fourth-order valence-electron chi connectivity index (χ4n) is 2.48. The van der Waals surface area contributed by atoms with Crippen molar-refractivity contribution in [2.45, 2.75) is 4.90 Å². The van der Waals surface area contributed by atoms with Crippen LogP contribution < -0.4 is 10.1 Å². The molecule has 0 aliphatic rings. The smallest absolute Gasteiger partial charge is 0.276 e. The predicted molar refractivity (Wildman–Crippen MR) is 106 cm³/mol. The third-order valence-corrected chi connectivity index (χ3v) is 5.86. The molecule has 3 aromatic rings. The lowest BCUT2D eigenvalue weighted by Crippen LogP contribution is -2.25. The molecule has 1 aromatic heterocycles. The van der Waals surface area contributed by atoms with Crippen LogP contribution in [0, 0.1) is 0 Å². The van der Waals surface area contributed by atoms with Crippen molar-refractivity contribution < 1.29 is 22.8 Å². The van der Waals surface area contributed by atoms with Gasteiger partial charge in [-0.2, -0.15) is 5.10 Å². The monoisotopic (exact) mass is 416 g/mol. The summed E-state index contributed by atoms with van der Waals surface area (Å²) in [6, 6.07) is 14.6. The van der Waals surface area contributed by atoms with E-state index in [0.29, 0.717) is 5.69 Å². The zero-order valence-corrected chi connectivity index (χ0v) is 16.9. The molecular weight excluding hydrogens is 396 g/mol. The molecule has 0 aliphatic heterocycles. The highest BCUT2D eigenvalue weighted by molar-refractivity contribution is 7.89. The van der Waals surface area contributed by atoms with Crippen LogP contribution in [0.2, 0.25) is 0 Å². The molecule has 0 bridgehead atoms. The lowest BCUT2D eigenvalue weighted by atomic mass is 10.3. The Labute approximate surface area is 168 Å². The van der Waals surface area contributed by atoms with Crippen molar-refractivity contribution in [2.75, 3.05) is 26.6 Å². The molecule has 152 valence electrons. The van der Waals surface area contributed by atoms with Crippen LogP contribution in [0.3, 0.4) is 0 Å². The molecule has 1 heterocycles. The van der Waals surface area contributed by atoms with Crippen LogP contribution in [0.4, 0.5) is 5.69 Å². The third-order valence-electron chi connectivity index (χ3n) is 4.16. The summed E-state index contributed by atoms with van der Waals surface area (Å²) >= 11 is 0. The van der Waals surface area contributed by atoms with E-state index >= 15 is 0 Å². The van der Waals surface area contributed by atoms with E-state index in [-0.39, 0.29) is 10.6 Å². The quantitative estimate of drug-likeness (QED) is 0.593. The van der Waals surface area contributed by atoms with Gasteiger partial charge in [0.1, 0.15) is 5.75 Å². The summed E-state index contributed by atoms with van der Waals surface area (Å²) in [5.41, 5.74) is 1.44. The summed E-state index contributed by atoms with van der Waals surface area (Å²) in [6.45, 7) is 0. The Kier molecular flexibility index (Phi) is 5.97. The Morgan fingerprint density at radius 1 is 1.03 bits per heavy atom. The average molecular weight is 416 g/mol. The minimum absolute atomic E-state index is 0.0450. The SMILES string of the molecule is COc1ccc(-n2ccc(C(=O)Nc3ccc(S(=O)(=O)N(C)OC)cc3)n2)cc1. The number of amides is 1. The van der Waals surface area contributed by atoms with Gasteiger partial charge in [-0.05, 0) is 54.6 Å². The van der Waals surface area contributed by atoms with Crippen molar-refractivity contribution in [2.24, 2.45) is 0 Å². The van der Waals surface area contributed by atoms with Crippen LogP contribution in [-0.4, -0.2) is 49.8 Å². The molecule has 1 amide bonds. The second kappa shape index (κ2) is 8.43. The number of sulfonamides is 1. The van der Waals surface area contributed by atoms with E-state index in [4.69, 9.17) is 9.57 Å². The minimum atomic E-state index is -3.75. The summed E-state index contributed by atoms with van der Waals surface area (Å²) in [7, 11) is 0.398. The number of benzene rings is 2. The van der Waals surface area contributed by atoms with E-state index in [0.717, 1.165) is 15.9 Å². The van der Waals surface area contributed by atoms with Crippen LogP contribution >= 0.6 is 0 Å². The number of hydroxylamine groups is 1. The molecule has 0 spiro atoms. The standard InChI is InChI=1S/C19H20N4O5S/c1-22(28-3)29(25,26)17-10-4-14(5-11-17)20-19(24)18-12-13-23(21-18)15-6-8-16(27-2)9-7-15/h4-13H,1-3H3,(H,20,24). The first-order valence-electron chi connectivity index (χ1n) is 8.49. The van der Waals surface area contributed by atoms with Gasteiger partial charge in [0, 0.05) is 18.9 Å². The van der Waals surface area contributed by atoms with Crippen LogP contribution in [0.1, 0.15) is 10.5 Å². The van der Waals surface area contributed by atoms with Crippen LogP contribution in [-0.2, 0) is 14.9 Å². The van der Waals surface area contributed by atoms with E-state index in [9.17, 15) is 13.2 Å². The number of hydrogen-bond donors (Lipinski definition) is 1. The number of nitrogens with one attached hydrogen (secondary N) is 1. The number of aromatic nitrogens is 2. The van der Waals surface area contributed by atoms with Gasteiger partial charge >= 0.3 is 0 Å². The molecule has 3 rings (SSSR count). The van der Waals surface area contributed by atoms with E-state index in [1.807, 2.05) is 12.1 Å². The zero-order valence-electron chi connectivity index (χ0n) is 16.1. The number of nitrogens with zero attached hydrogens (tertiary/aromatic N) is 3. The molecule has 0 fully saturated rings. The highest BCUT2D eigenvalue weighted by atomic mass is 32.2. The number of carbonyl (C=O) groups excluding carboxylic acids is 1. The van der Waals surface area contributed by atoms with Crippen LogP contribution in [0.5, 0.6) is 5.75 Å². The van der Waals surface area contributed by atoms with Crippen molar-refractivity contribution >= 4 is 21.6 Å². The average Bonchev–Trinajstić information content (AvgIpc) is 3.24. The maximum Gasteiger partial charge on any atom is 0.276 e. The van der Waals surface area contributed by atoms with Gasteiger partial charge in [-0.25, -0.2) is 13.1 Å². The van der Waals surface area contributed by atoms with Crippen molar-refractivity contribution in [1.29, 1.82) is 0 Å². The van der Waals surface area contributed by atoms with Gasteiger partial charge < -0.3 is 10.1 Å². The molecule has 1 N–H and O–H groups in total. The van der Waals surface area contributed by atoms with Gasteiger partial charge in [-0.1, -0.05) is 4.47 Å². The Morgan fingerprint density at radius 3 is 2.28 bits per heavy atom. The third kappa shape index (κ3) is 4.45. The van der Waals surface area contributed by atoms with Gasteiger partial charge in [0.2, 0.25) is 0 Å². The maximum atomic E-state index is 12.4. The number of ether oxygens (including phenoxy) is 1. The van der Waals surface area contributed by atoms with E-state index in [1.54, 1.807) is 36.2 Å². The van der Waals surface area contributed by atoms with E-state index < -0.39 is 15.9 Å². The first kappa shape index (κ1) is 20.5. The summed E-state index contributed by atoms with van der Waals surface area (Å²) in [4.78, 5) is 17.2. The first-order valence-corrected chi connectivity index (χ1v) is 9.93. The lowest BCUT2D eigenvalue weighted by Gasteiger charge is -2.14. The second-order valence-corrected chi connectivity index (χ2v) is 7.86. The van der Waals surface area contributed by atoms with Gasteiger partial charge in [0.25, 0.3) is 15.9 Å². The molecule has 0 unspecified atom stereocenters. The fraction of sp³-hybridized carbons (Fsp3) is 0.158. The fourth-order valence-corrected chi connectivity index (χ4v) is 3.45. The normalized spacial score (nSPS) is 11.4. The molecule has 9 nitrogen and oxygen atoms in total. The summed E-state index contributed by atoms with van der Waals surface area (Å²) in [6.07, 6.45) is 1.67. The molecule has 2 aromatic carbocycles. The molecule has 0 atom stereocenters. The molecule has 0 aliphatic carbocycles. The van der Waals surface area contributed by atoms with Crippen molar-refractivity contribution in [1.82, 2.24) is 14.2 Å². The van der Waals surface area contributed by atoms with Crippen LogP contribution in [0.25, 0.3) is 5.69 Å². The first-order chi connectivity index (χ1) is 13.8. The Hall–Kier alpha value is -3.21. The largest absolute Gasteiger partial charge is 0.497 e. The summed E-state index contributed by atoms with van der Waals surface area (Å²) in [5.74, 6) is 0.308. The molecule has 0 saturated heterocycles. The number of methoxy groups -OCH3 is 1. The van der Waals surface area contributed by atoms with Crippen molar-refractivity contribution in [3.8, 4) is 11.4 Å². The van der Waals surface area contributed by atoms with Gasteiger partial charge in [0.05, 0.1) is 24.8 Å². The Balaban J connectivity index is 1.71. The summed E-state index contributed by atoms with van der Waals surface area (Å²) < 4.78 is 31.8.